The first-order chi connectivity index (χ1) is 6.20. The monoisotopic (exact) mass is 177 g/mol. The van der Waals surface area contributed by atoms with Crippen LogP contribution < -0.4 is 5.73 Å². The van der Waals surface area contributed by atoms with Crippen LogP contribution in [0.2, 0.25) is 0 Å². The fourth-order valence-corrected chi connectivity index (χ4v) is 1.05. The summed E-state index contributed by atoms with van der Waals surface area (Å²) in [6.07, 6.45) is 0.784. The predicted molar refractivity (Wildman–Crippen MR) is 59.6 cm³/mol. The van der Waals surface area contributed by atoms with Crippen LogP contribution in [0.5, 0.6) is 0 Å². The number of aryl methyl sites for hydroxylation is 1. The van der Waals surface area contributed by atoms with Crippen LogP contribution in [-0.4, -0.2) is 0 Å². The van der Waals surface area contributed by atoms with Gasteiger partial charge in [-0.05, 0) is 18.1 Å². The Bertz CT molecular complexity index is 264. The molecule has 0 heterocycles. The predicted octanol–water partition coefficient (Wildman–Crippen LogP) is 3.04. The van der Waals surface area contributed by atoms with Crippen molar-refractivity contribution in [3.8, 4) is 0 Å². The van der Waals surface area contributed by atoms with Crippen LogP contribution in [0.25, 0.3) is 0 Å². The molecule has 13 heavy (non-hydrogen) atoms. The Kier molecular flexibility index (Phi) is 5.69. The first-order valence-electron chi connectivity index (χ1n) is 4.68. The van der Waals surface area contributed by atoms with E-state index < -0.39 is 0 Å². The maximum Gasteiger partial charge on any atom is 0.0117 e. The third-order valence-electron chi connectivity index (χ3n) is 1.68. The molecule has 0 saturated heterocycles. The Morgan fingerprint density at radius 3 is 2.31 bits per heavy atom. The Morgan fingerprint density at radius 1 is 1.31 bits per heavy atom. The molecule has 0 aromatic heterocycles. The Balaban J connectivity index is 0.000000671. The minimum absolute atomic E-state index is 0.722. The molecule has 1 rings (SSSR count). The smallest absolute Gasteiger partial charge is 0.0117 e. The molecule has 0 atom stereocenters. The zero-order chi connectivity index (χ0) is 10.3. The van der Waals surface area contributed by atoms with Gasteiger partial charge >= 0.3 is 0 Å². The third kappa shape index (κ3) is 4.36. The fraction of sp³-hybridized carbons (Fsp3) is 0.333. The van der Waals surface area contributed by atoms with Crippen molar-refractivity contribution in [2.45, 2.75) is 27.2 Å². The highest BCUT2D eigenvalue weighted by Gasteiger charge is 1.95. The average molecular weight is 177 g/mol. The number of rotatable bonds is 2. The van der Waals surface area contributed by atoms with Gasteiger partial charge < -0.3 is 5.73 Å². The number of benzene rings is 1. The average Bonchev–Trinajstić information content (AvgIpc) is 2.12. The van der Waals surface area contributed by atoms with Gasteiger partial charge in [-0.2, -0.15) is 0 Å². The van der Waals surface area contributed by atoms with Crippen molar-refractivity contribution >= 4 is 0 Å². The summed E-state index contributed by atoms with van der Waals surface area (Å²) < 4.78 is 0. The third-order valence-corrected chi connectivity index (χ3v) is 1.68. The van der Waals surface area contributed by atoms with Crippen molar-refractivity contribution in [3.63, 3.8) is 0 Å². The summed E-state index contributed by atoms with van der Waals surface area (Å²) >= 11 is 0. The minimum Gasteiger partial charge on any atom is -0.402 e. The second-order valence-corrected chi connectivity index (χ2v) is 2.76. The van der Waals surface area contributed by atoms with E-state index in [4.69, 9.17) is 5.73 Å². The van der Waals surface area contributed by atoms with Gasteiger partial charge in [0.15, 0.2) is 0 Å². The molecule has 1 nitrogen and oxygen atoms in total. The molecule has 2 N–H and O–H groups in total. The number of allylic oxidation sites excluding steroid dienone is 1. The molecular weight excluding hydrogens is 158 g/mol. The van der Waals surface area contributed by atoms with E-state index in [1.165, 1.54) is 11.1 Å². The van der Waals surface area contributed by atoms with E-state index >= 15 is 0 Å². The highest BCUT2D eigenvalue weighted by atomic mass is 14.6. The Labute approximate surface area is 81.3 Å². The summed E-state index contributed by atoms with van der Waals surface area (Å²) in [5, 5.41) is 0. The van der Waals surface area contributed by atoms with Crippen molar-refractivity contribution in [1.29, 1.82) is 0 Å². The summed E-state index contributed by atoms with van der Waals surface area (Å²) in [6, 6.07) is 8.20. The van der Waals surface area contributed by atoms with Crippen molar-refractivity contribution in [3.05, 3.63) is 47.7 Å². The number of nitrogens with two attached hydrogens (primary N) is 1. The minimum atomic E-state index is 0.722. The first-order valence-corrected chi connectivity index (χ1v) is 4.68. The topological polar surface area (TPSA) is 26.0 Å². The van der Waals surface area contributed by atoms with Gasteiger partial charge in [0.05, 0.1) is 0 Å². The van der Waals surface area contributed by atoms with Crippen LogP contribution in [0.1, 0.15) is 25.0 Å². The molecule has 1 heteroatoms. The molecular formula is C12H19N. The fourth-order valence-electron chi connectivity index (χ4n) is 1.05. The van der Waals surface area contributed by atoms with Crippen molar-refractivity contribution in [2.75, 3.05) is 0 Å². The highest BCUT2D eigenvalue weighted by Crippen LogP contribution is 2.08. The van der Waals surface area contributed by atoms with Gasteiger partial charge in [-0.25, -0.2) is 0 Å². The largest absolute Gasteiger partial charge is 0.402 e. The van der Waals surface area contributed by atoms with Crippen LogP contribution in [-0.2, 0) is 6.42 Å². The molecule has 0 radical (unpaired) electrons. The molecule has 0 aliphatic rings. The Hall–Kier alpha value is -1.24. The van der Waals surface area contributed by atoms with Gasteiger partial charge in [-0.15, -0.1) is 0 Å². The van der Waals surface area contributed by atoms with E-state index in [-0.39, 0.29) is 0 Å². The molecule has 1 aromatic carbocycles. The molecule has 0 unspecified atom stereocenters. The van der Waals surface area contributed by atoms with Gasteiger partial charge in [0.2, 0.25) is 0 Å². The lowest BCUT2D eigenvalue weighted by molar-refractivity contribution is 1.10. The van der Waals surface area contributed by atoms with Gasteiger partial charge in [-0.1, -0.05) is 44.7 Å². The summed E-state index contributed by atoms with van der Waals surface area (Å²) in [4.78, 5) is 0. The van der Waals surface area contributed by atoms with Crippen LogP contribution in [0, 0.1) is 6.92 Å². The molecule has 0 saturated carbocycles. The van der Waals surface area contributed by atoms with Crippen LogP contribution >= 0.6 is 0 Å². The van der Waals surface area contributed by atoms with Crippen molar-refractivity contribution in [2.24, 2.45) is 5.73 Å². The lowest BCUT2D eigenvalue weighted by Gasteiger charge is -2.03. The van der Waals surface area contributed by atoms with Crippen molar-refractivity contribution in [1.82, 2.24) is 0 Å². The number of hydrogen-bond acceptors (Lipinski definition) is 1. The first kappa shape index (κ1) is 11.8. The summed E-state index contributed by atoms with van der Waals surface area (Å²) in [7, 11) is 0. The van der Waals surface area contributed by atoms with E-state index in [0.717, 1.165) is 12.1 Å². The van der Waals surface area contributed by atoms with Gasteiger partial charge in [-0.3, -0.25) is 0 Å². The normalized spacial score (nSPS) is 8.54. The molecule has 0 aliphatic carbocycles. The Morgan fingerprint density at radius 2 is 1.85 bits per heavy atom. The van der Waals surface area contributed by atoms with E-state index in [2.05, 4.69) is 25.6 Å². The molecule has 0 spiro atoms. The standard InChI is InChI=1S/C10H13N.C2H6/c1-8-5-3-4-6-10(8)7-9(2)11;1-2/h3-6H,2,7,11H2,1H3;1-2H3. The summed E-state index contributed by atoms with van der Waals surface area (Å²) in [5.41, 5.74) is 8.76. The molecule has 0 amide bonds. The van der Waals surface area contributed by atoms with Gasteiger partial charge in [0.25, 0.3) is 0 Å². The van der Waals surface area contributed by atoms with E-state index in [1.807, 2.05) is 26.0 Å². The van der Waals surface area contributed by atoms with E-state index in [1.54, 1.807) is 0 Å². The maximum absolute atomic E-state index is 5.50. The van der Waals surface area contributed by atoms with Crippen LogP contribution in [0.4, 0.5) is 0 Å². The van der Waals surface area contributed by atoms with Gasteiger partial charge in [0.1, 0.15) is 0 Å². The lowest BCUT2D eigenvalue weighted by atomic mass is 10.1. The maximum atomic E-state index is 5.50. The molecule has 72 valence electrons. The molecule has 1 aromatic rings. The zero-order valence-electron chi connectivity index (χ0n) is 8.80. The summed E-state index contributed by atoms with van der Waals surface area (Å²) in [6.45, 7) is 9.75. The highest BCUT2D eigenvalue weighted by molar-refractivity contribution is 5.28. The number of hydrogen-bond donors (Lipinski definition) is 1. The lowest BCUT2D eigenvalue weighted by Crippen LogP contribution is -2.00. The molecule has 0 bridgehead atoms. The van der Waals surface area contributed by atoms with Crippen LogP contribution in [0.3, 0.4) is 0 Å². The SMILES string of the molecule is C=C(N)Cc1ccccc1C.CC. The summed E-state index contributed by atoms with van der Waals surface area (Å²) in [5.74, 6) is 0. The second kappa shape index (κ2) is 6.30. The molecule has 0 fully saturated rings. The van der Waals surface area contributed by atoms with Crippen LogP contribution in [0.15, 0.2) is 36.5 Å². The van der Waals surface area contributed by atoms with Crippen molar-refractivity contribution < 1.29 is 0 Å². The second-order valence-electron chi connectivity index (χ2n) is 2.76. The molecule has 0 aliphatic heterocycles. The van der Waals surface area contributed by atoms with Gasteiger partial charge in [0, 0.05) is 12.1 Å². The van der Waals surface area contributed by atoms with E-state index in [0.29, 0.717) is 0 Å². The van der Waals surface area contributed by atoms with E-state index in [9.17, 15) is 0 Å². The quantitative estimate of drug-likeness (QED) is 0.738. The zero-order valence-corrected chi connectivity index (χ0v) is 8.80.